The van der Waals surface area contributed by atoms with Crippen molar-refractivity contribution >= 4 is 40.2 Å². The van der Waals surface area contributed by atoms with E-state index in [1.54, 1.807) is 23.3 Å². The minimum absolute atomic E-state index is 0.131. The molecule has 3 aromatic rings. The van der Waals surface area contributed by atoms with E-state index in [0.717, 1.165) is 36.8 Å². The van der Waals surface area contributed by atoms with E-state index in [2.05, 4.69) is 5.32 Å². The highest BCUT2D eigenvalue weighted by atomic mass is 35.5. The molecule has 6 nitrogen and oxygen atoms in total. The van der Waals surface area contributed by atoms with Crippen LogP contribution in [0.4, 0.5) is 5.69 Å². The average molecular weight is 454 g/mol. The fraction of sp³-hybridized carbons (Fsp3) is 0.440. The molecule has 0 radical (unpaired) electrons. The summed E-state index contributed by atoms with van der Waals surface area (Å²) in [5.74, 6) is -0.361. The van der Waals surface area contributed by atoms with Gasteiger partial charge in [0.25, 0.3) is 5.91 Å². The third kappa shape index (κ3) is 3.32. The highest BCUT2D eigenvalue weighted by molar-refractivity contribution is 6.32. The number of aromatic nitrogens is 1. The normalized spacial score (nSPS) is 22.1. The first-order valence-corrected chi connectivity index (χ1v) is 11.8. The number of halogens is 1. The van der Waals surface area contributed by atoms with Crippen LogP contribution in [0.3, 0.4) is 0 Å². The number of rotatable bonds is 3. The molecule has 1 N–H and O–H groups in total. The molecule has 1 atom stereocenters. The Morgan fingerprint density at radius 1 is 1.19 bits per heavy atom. The highest BCUT2D eigenvalue weighted by Gasteiger charge is 2.49. The van der Waals surface area contributed by atoms with E-state index in [9.17, 15) is 9.59 Å². The summed E-state index contributed by atoms with van der Waals surface area (Å²) in [5.41, 5.74) is 2.30. The van der Waals surface area contributed by atoms with Crippen LogP contribution >= 0.6 is 11.6 Å². The minimum atomic E-state index is -1.12. The summed E-state index contributed by atoms with van der Waals surface area (Å²) in [4.78, 5) is 29.3. The molecule has 0 unspecified atom stereocenters. The number of carbonyl (C=O) groups is 2. The summed E-state index contributed by atoms with van der Waals surface area (Å²) < 4.78 is 7.46. The Hall–Kier alpha value is -2.73. The molecule has 0 spiro atoms. The van der Waals surface area contributed by atoms with Gasteiger partial charge < -0.3 is 14.3 Å². The van der Waals surface area contributed by atoms with Gasteiger partial charge in [-0.2, -0.15) is 0 Å². The molecule has 0 saturated heterocycles. The quantitative estimate of drug-likeness (QED) is 0.536. The Morgan fingerprint density at radius 2 is 1.94 bits per heavy atom. The number of fused-ring (bicyclic) bond motifs is 3. The molecular formula is C25H28ClN3O3. The van der Waals surface area contributed by atoms with Crippen LogP contribution in [-0.4, -0.2) is 28.0 Å². The lowest BCUT2D eigenvalue weighted by atomic mass is 9.92. The zero-order valence-electron chi connectivity index (χ0n) is 18.5. The zero-order chi connectivity index (χ0) is 22.5. The number of nitrogens with zero attached hydrogens (tertiary/aromatic N) is 2. The molecule has 1 aliphatic carbocycles. The Balaban J connectivity index is 1.61. The van der Waals surface area contributed by atoms with E-state index in [4.69, 9.17) is 16.0 Å². The summed E-state index contributed by atoms with van der Waals surface area (Å²) in [5, 5.41) is 3.85. The number of anilines is 1. The Morgan fingerprint density at radius 3 is 2.69 bits per heavy atom. The summed E-state index contributed by atoms with van der Waals surface area (Å²) in [6, 6.07) is 9.22. The van der Waals surface area contributed by atoms with E-state index in [0.29, 0.717) is 28.5 Å². The first-order chi connectivity index (χ1) is 15.4. The van der Waals surface area contributed by atoms with Crippen molar-refractivity contribution in [2.75, 3.05) is 4.90 Å². The molecule has 3 heterocycles. The number of hydrogen-bond acceptors (Lipinski definition) is 3. The second kappa shape index (κ2) is 8.00. The molecule has 7 heteroatoms. The van der Waals surface area contributed by atoms with Crippen LogP contribution in [-0.2, 0) is 11.3 Å². The third-order valence-electron chi connectivity index (χ3n) is 7.06. The van der Waals surface area contributed by atoms with Crippen molar-refractivity contribution in [2.24, 2.45) is 0 Å². The van der Waals surface area contributed by atoms with Gasteiger partial charge in [-0.25, -0.2) is 0 Å². The maximum absolute atomic E-state index is 13.9. The monoisotopic (exact) mass is 453 g/mol. The molecule has 1 fully saturated rings. The first-order valence-electron chi connectivity index (χ1n) is 11.4. The van der Waals surface area contributed by atoms with Crippen LogP contribution < -0.4 is 10.2 Å². The van der Waals surface area contributed by atoms with Gasteiger partial charge in [0.15, 0.2) is 5.58 Å². The maximum atomic E-state index is 13.9. The number of benzene rings is 1. The van der Waals surface area contributed by atoms with Crippen LogP contribution in [0.15, 0.2) is 41.0 Å². The number of carbonyl (C=O) groups excluding carboxylic acids is 2. The predicted octanol–water partition coefficient (Wildman–Crippen LogP) is 5.45. The van der Waals surface area contributed by atoms with Crippen molar-refractivity contribution in [1.82, 2.24) is 9.88 Å². The van der Waals surface area contributed by atoms with Gasteiger partial charge in [-0.1, -0.05) is 43.4 Å². The van der Waals surface area contributed by atoms with Crippen molar-refractivity contribution in [1.29, 1.82) is 0 Å². The minimum Gasteiger partial charge on any atom is -0.463 e. The molecule has 0 bridgehead atoms. The molecule has 2 aliphatic rings. The van der Waals surface area contributed by atoms with Crippen molar-refractivity contribution in [3.8, 4) is 0 Å². The second-order valence-electron chi connectivity index (χ2n) is 9.25. The Bertz CT molecular complexity index is 1190. The third-order valence-corrected chi connectivity index (χ3v) is 7.47. The lowest BCUT2D eigenvalue weighted by Gasteiger charge is -2.45. The van der Waals surface area contributed by atoms with Crippen LogP contribution in [0.1, 0.15) is 61.5 Å². The van der Waals surface area contributed by atoms with Crippen molar-refractivity contribution in [3.05, 3.63) is 52.9 Å². The first kappa shape index (κ1) is 21.1. The van der Waals surface area contributed by atoms with Gasteiger partial charge in [-0.15, -0.1) is 0 Å². The summed E-state index contributed by atoms with van der Waals surface area (Å²) in [7, 11) is 0. The lowest BCUT2D eigenvalue weighted by molar-refractivity contribution is -0.127. The fourth-order valence-corrected chi connectivity index (χ4v) is 5.36. The van der Waals surface area contributed by atoms with Crippen LogP contribution in [0.2, 0.25) is 5.02 Å². The van der Waals surface area contributed by atoms with Crippen LogP contribution in [0.5, 0.6) is 0 Å². The summed E-state index contributed by atoms with van der Waals surface area (Å²) in [6.07, 6.45) is 8.23. The number of hydrogen-bond donors (Lipinski definition) is 1. The standard InChI is InChI=1S/C25H28ClN3O3/c1-16-18(26)10-7-11-19(16)29-23(30)21-14-22-20(12-13-32-22)28(21)15-25(29,2)24(31)27-17-8-5-3-4-6-9-17/h7,10-14,17H,3-6,8-9,15H2,1-2H3,(H,27,31)/t25-/m1/s1. The largest absolute Gasteiger partial charge is 0.463 e. The Kier molecular flexibility index (Phi) is 5.28. The van der Waals surface area contributed by atoms with Crippen LogP contribution in [0.25, 0.3) is 11.1 Å². The SMILES string of the molecule is Cc1c(Cl)cccc1N1C(=O)c2cc3occc3n2C[C@]1(C)C(=O)NC1CCCCCC1. The van der Waals surface area contributed by atoms with E-state index in [1.165, 1.54) is 12.8 Å². The molecular weight excluding hydrogens is 426 g/mol. The van der Waals surface area contributed by atoms with Crippen molar-refractivity contribution in [3.63, 3.8) is 0 Å². The second-order valence-corrected chi connectivity index (χ2v) is 9.65. The number of amides is 2. The highest BCUT2D eigenvalue weighted by Crippen LogP contribution is 2.39. The molecule has 2 aromatic heterocycles. The van der Waals surface area contributed by atoms with E-state index in [-0.39, 0.29) is 17.9 Å². The van der Waals surface area contributed by atoms with Gasteiger partial charge in [0.05, 0.1) is 18.3 Å². The van der Waals surface area contributed by atoms with Gasteiger partial charge in [0.2, 0.25) is 5.91 Å². The molecule has 32 heavy (non-hydrogen) atoms. The summed E-state index contributed by atoms with van der Waals surface area (Å²) in [6.45, 7) is 4.07. The average Bonchev–Trinajstić information content (AvgIpc) is 3.26. The van der Waals surface area contributed by atoms with Gasteiger partial charge in [-0.3, -0.25) is 14.5 Å². The van der Waals surface area contributed by atoms with E-state index in [1.807, 2.05) is 36.6 Å². The van der Waals surface area contributed by atoms with Gasteiger partial charge >= 0.3 is 0 Å². The van der Waals surface area contributed by atoms with E-state index >= 15 is 0 Å². The zero-order valence-corrected chi connectivity index (χ0v) is 19.2. The molecule has 1 aromatic carbocycles. The van der Waals surface area contributed by atoms with Gasteiger partial charge in [0, 0.05) is 28.9 Å². The van der Waals surface area contributed by atoms with Crippen molar-refractivity contribution in [2.45, 2.75) is 70.5 Å². The molecule has 168 valence electrons. The van der Waals surface area contributed by atoms with Gasteiger partial charge in [0.1, 0.15) is 11.2 Å². The van der Waals surface area contributed by atoms with E-state index < -0.39 is 5.54 Å². The predicted molar refractivity (Wildman–Crippen MR) is 125 cm³/mol. The summed E-state index contributed by atoms with van der Waals surface area (Å²) >= 11 is 6.42. The topological polar surface area (TPSA) is 67.5 Å². The lowest BCUT2D eigenvalue weighted by Crippen LogP contribution is -2.65. The maximum Gasteiger partial charge on any atom is 0.276 e. The molecule has 1 saturated carbocycles. The smallest absolute Gasteiger partial charge is 0.276 e. The van der Waals surface area contributed by atoms with Crippen LogP contribution in [0, 0.1) is 6.92 Å². The molecule has 2 amide bonds. The molecule has 5 rings (SSSR count). The Labute approximate surface area is 192 Å². The number of furan rings is 1. The number of nitrogens with one attached hydrogen (secondary N) is 1. The molecule has 1 aliphatic heterocycles. The van der Waals surface area contributed by atoms with Crippen molar-refractivity contribution < 1.29 is 14.0 Å². The fourth-order valence-electron chi connectivity index (χ4n) is 5.19. The van der Waals surface area contributed by atoms with Gasteiger partial charge in [-0.05, 0) is 44.4 Å².